The molecule has 0 saturated heterocycles. The molecule has 1 aromatic rings. The van der Waals surface area contributed by atoms with Crippen molar-refractivity contribution in [2.45, 2.75) is 26.4 Å². The van der Waals surface area contributed by atoms with Gasteiger partial charge in [0.2, 0.25) is 0 Å². The first-order valence-electron chi connectivity index (χ1n) is 5.85. The second-order valence-electron chi connectivity index (χ2n) is 4.45. The summed E-state index contributed by atoms with van der Waals surface area (Å²) in [4.78, 5) is 2.32. The summed E-state index contributed by atoms with van der Waals surface area (Å²) in [5, 5.41) is 3.41. The van der Waals surface area contributed by atoms with Crippen LogP contribution in [0.3, 0.4) is 0 Å². The van der Waals surface area contributed by atoms with Crippen molar-refractivity contribution in [1.29, 1.82) is 0 Å². The average molecular weight is 221 g/mol. The van der Waals surface area contributed by atoms with E-state index in [2.05, 4.69) is 37.2 Å². The first kappa shape index (κ1) is 13.0. The Labute approximate surface area is 98.6 Å². The predicted molar refractivity (Wildman–Crippen MR) is 70.3 cm³/mol. The molecular formula is C13H23N3. The number of nitrogens with two attached hydrogens (primary N) is 1. The van der Waals surface area contributed by atoms with Crippen molar-refractivity contribution in [3.63, 3.8) is 0 Å². The molecule has 0 aliphatic rings. The Balaban J connectivity index is 2.24. The Morgan fingerprint density at radius 2 is 2.00 bits per heavy atom. The third-order valence-corrected chi connectivity index (χ3v) is 2.89. The van der Waals surface area contributed by atoms with Crippen molar-refractivity contribution in [3.05, 3.63) is 29.8 Å². The Hall–Kier alpha value is -1.06. The van der Waals surface area contributed by atoms with Gasteiger partial charge >= 0.3 is 0 Å². The van der Waals surface area contributed by atoms with Gasteiger partial charge in [0.25, 0.3) is 0 Å². The summed E-state index contributed by atoms with van der Waals surface area (Å²) in [6.07, 6.45) is 0. The molecule has 0 amide bonds. The minimum atomic E-state index is 0.601. The van der Waals surface area contributed by atoms with Crippen LogP contribution in [-0.4, -0.2) is 31.1 Å². The number of benzene rings is 1. The van der Waals surface area contributed by atoms with Crippen LogP contribution in [0.4, 0.5) is 5.69 Å². The summed E-state index contributed by atoms with van der Waals surface area (Å²) < 4.78 is 0. The third-order valence-electron chi connectivity index (χ3n) is 2.89. The first-order valence-corrected chi connectivity index (χ1v) is 5.85. The van der Waals surface area contributed by atoms with Gasteiger partial charge in [-0.25, -0.2) is 0 Å². The van der Waals surface area contributed by atoms with Gasteiger partial charge in [-0.15, -0.1) is 0 Å². The van der Waals surface area contributed by atoms with Crippen LogP contribution in [0.1, 0.15) is 19.4 Å². The zero-order valence-corrected chi connectivity index (χ0v) is 10.5. The van der Waals surface area contributed by atoms with Gasteiger partial charge in [0, 0.05) is 31.4 Å². The summed E-state index contributed by atoms with van der Waals surface area (Å²) in [6.45, 7) is 7.30. The van der Waals surface area contributed by atoms with Crippen LogP contribution in [0, 0.1) is 0 Å². The van der Waals surface area contributed by atoms with Crippen molar-refractivity contribution in [2.75, 3.05) is 25.9 Å². The topological polar surface area (TPSA) is 41.3 Å². The van der Waals surface area contributed by atoms with Crippen molar-refractivity contribution in [1.82, 2.24) is 10.2 Å². The van der Waals surface area contributed by atoms with E-state index in [0.717, 1.165) is 25.3 Å². The van der Waals surface area contributed by atoms with E-state index >= 15 is 0 Å². The molecule has 3 heteroatoms. The SMILES string of the molecule is CC(C)N(C)CCNCc1ccccc1N. The summed E-state index contributed by atoms with van der Waals surface area (Å²) >= 11 is 0. The zero-order chi connectivity index (χ0) is 12.0. The number of nitrogen functional groups attached to an aromatic ring is 1. The lowest BCUT2D eigenvalue weighted by atomic mass is 10.2. The fourth-order valence-electron chi connectivity index (χ4n) is 1.43. The van der Waals surface area contributed by atoms with Crippen LogP contribution in [0.2, 0.25) is 0 Å². The van der Waals surface area contributed by atoms with Crippen molar-refractivity contribution in [3.8, 4) is 0 Å². The van der Waals surface area contributed by atoms with Crippen LogP contribution in [0.25, 0.3) is 0 Å². The molecule has 0 radical (unpaired) electrons. The second-order valence-corrected chi connectivity index (χ2v) is 4.45. The smallest absolute Gasteiger partial charge is 0.0359 e. The van der Waals surface area contributed by atoms with E-state index in [1.165, 1.54) is 5.56 Å². The minimum absolute atomic E-state index is 0.601. The van der Waals surface area contributed by atoms with Gasteiger partial charge < -0.3 is 16.0 Å². The molecule has 0 spiro atoms. The minimum Gasteiger partial charge on any atom is -0.398 e. The van der Waals surface area contributed by atoms with Gasteiger partial charge in [0.1, 0.15) is 0 Å². The molecule has 1 rings (SSSR count). The summed E-state index contributed by atoms with van der Waals surface area (Å²) in [7, 11) is 2.14. The maximum atomic E-state index is 5.86. The second kappa shape index (κ2) is 6.51. The van der Waals surface area contributed by atoms with Crippen molar-refractivity contribution in [2.24, 2.45) is 0 Å². The Morgan fingerprint density at radius 1 is 1.31 bits per heavy atom. The molecule has 3 N–H and O–H groups in total. The van der Waals surface area contributed by atoms with Crippen LogP contribution in [0.15, 0.2) is 24.3 Å². The number of likely N-dealkylation sites (N-methyl/N-ethyl adjacent to an activating group) is 1. The van der Waals surface area contributed by atoms with Crippen molar-refractivity contribution < 1.29 is 0 Å². The fraction of sp³-hybridized carbons (Fsp3) is 0.538. The molecule has 0 heterocycles. The lowest BCUT2D eigenvalue weighted by molar-refractivity contribution is 0.273. The number of nitrogens with zero attached hydrogens (tertiary/aromatic N) is 1. The van der Waals surface area contributed by atoms with E-state index < -0.39 is 0 Å². The number of hydrogen-bond donors (Lipinski definition) is 2. The monoisotopic (exact) mass is 221 g/mol. The normalized spacial score (nSPS) is 11.3. The van der Waals surface area contributed by atoms with E-state index in [0.29, 0.717) is 6.04 Å². The number of hydrogen-bond acceptors (Lipinski definition) is 3. The molecule has 0 atom stereocenters. The van der Waals surface area contributed by atoms with Gasteiger partial charge in [-0.3, -0.25) is 0 Å². The number of anilines is 1. The predicted octanol–water partition coefficient (Wildman–Crippen LogP) is 1.70. The molecule has 0 unspecified atom stereocenters. The van der Waals surface area contributed by atoms with Crippen LogP contribution in [-0.2, 0) is 6.54 Å². The Kier molecular flexibility index (Phi) is 5.29. The van der Waals surface area contributed by atoms with Gasteiger partial charge in [0.15, 0.2) is 0 Å². The highest BCUT2D eigenvalue weighted by molar-refractivity contribution is 5.46. The van der Waals surface area contributed by atoms with E-state index in [9.17, 15) is 0 Å². The zero-order valence-electron chi connectivity index (χ0n) is 10.5. The molecule has 0 fully saturated rings. The quantitative estimate of drug-likeness (QED) is 0.567. The maximum Gasteiger partial charge on any atom is 0.0359 e. The van der Waals surface area contributed by atoms with Crippen LogP contribution in [0.5, 0.6) is 0 Å². The van der Waals surface area contributed by atoms with E-state index in [1.54, 1.807) is 0 Å². The molecule has 16 heavy (non-hydrogen) atoms. The highest BCUT2D eigenvalue weighted by atomic mass is 15.1. The average Bonchev–Trinajstić information content (AvgIpc) is 2.26. The lowest BCUT2D eigenvalue weighted by Gasteiger charge is -2.21. The molecule has 0 saturated carbocycles. The largest absolute Gasteiger partial charge is 0.398 e. The van der Waals surface area contributed by atoms with Crippen LogP contribution >= 0.6 is 0 Å². The molecule has 0 aromatic heterocycles. The lowest BCUT2D eigenvalue weighted by Crippen LogP contribution is -2.33. The van der Waals surface area contributed by atoms with Gasteiger partial charge in [-0.2, -0.15) is 0 Å². The highest BCUT2D eigenvalue weighted by Gasteiger charge is 2.02. The van der Waals surface area contributed by atoms with E-state index in [1.807, 2.05) is 18.2 Å². The molecule has 3 nitrogen and oxygen atoms in total. The van der Waals surface area contributed by atoms with E-state index in [4.69, 9.17) is 5.73 Å². The molecule has 1 aromatic carbocycles. The van der Waals surface area contributed by atoms with Gasteiger partial charge in [0.05, 0.1) is 0 Å². The number of rotatable bonds is 6. The maximum absolute atomic E-state index is 5.86. The van der Waals surface area contributed by atoms with Crippen LogP contribution < -0.4 is 11.1 Å². The molecule has 90 valence electrons. The highest BCUT2D eigenvalue weighted by Crippen LogP contribution is 2.09. The standard InChI is InChI=1S/C13H23N3/c1-11(2)16(3)9-8-15-10-12-6-4-5-7-13(12)14/h4-7,11,15H,8-10,14H2,1-3H3. The van der Waals surface area contributed by atoms with Crippen molar-refractivity contribution >= 4 is 5.69 Å². The van der Waals surface area contributed by atoms with E-state index in [-0.39, 0.29) is 0 Å². The summed E-state index contributed by atoms with van der Waals surface area (Å²) in [5.74, 6) is 0. The van der Waals surface area contributed by atoms with Gasteiger partial charge in [-0.05, 0) is 32.5 Å². The molecule has 0 aliphatic heterocycles. The molecular weight excluding hydrogens is 198 g/mol. The Morgan fingerprint density at radius 3 is 2.62 bits per heavy atom. The molecule has 0 bridgehead atoms. The summed E-state index contributed by atoms with van der Waals surface area (Å²) in [6, 6.07) is 8.59. The molecule has 0 aliphatic carbocycles. The summed E-state index contributed by atoms with van der Waals surface area (Å²) in [5.41, 5.74) is 7.90. The first-order chi connectivity index (χ1) is 7.61. The third kappa shape index (κ3) is 4.21. The Bertz CT molecular complexity index is 310. The number of para-hydroxylation sites is 1. The number of nitrogens with one attached hydrogen (secondary N) is 1. The fourth-order valence-corrected chi connectivity index (χ4v) is 1.43. The van der Waals surface area contributed by atoms with Gasteiger partial charge in [-0.1, -0.05) is 18.2 Å².